The third-order valence-electron chi connectivity index (χ3n) is 4.70. The third-order valence-corrected chi connectivity index (χ3v) is 6.41. The van der Waals surface area contributed by atoms with Crippen LogP contribution in [0.4, 0.5) is 11.4 Å². The lowest BCUT2D eigenvalue weighted by Gasteiger charge is -2.15. The minimum Gasteiger partial charge on any atom is -0.493 e. The number of anilines is 2. The highest BCUT2D eigenvalue weighted by molar-refractivity contribution is 7.92. The van der Waals surface area contributed by atoms with Crippen molar-refractivity contribution in [1.82, 2.24) is 0 Å². The fraction of sp³-hybridized carbons (Fsp3) is 0.130. The highest BCUT2D eigenvalue weighted by Crippen LogP contribution is 2.34. The van der Waals surface area contributed by atoms with Crippen LogP contribution in [0.25, 0.3) is 0 Å². The molecular formula is C23H21ClN2O7S. The minimum absolute atomic E-state index is 0.00847. The summed E-state index contributed by atoms with van der Waals surface area (Å²) in [6, 6.07) is 14.7. The molecule has 1 amide bonds. The molecule has 0 aliphatic rings. The lowest BCUT2D eigenvalue weighted by atomic mass is 10.1. The maximum Gasteiger partial charge on any atom is 0.340 e. The molecule has 0 atom stereocenters. The van der Waals surface area contributed by atoms with E-state index in [4.69, 9.17) is 25.8 Å². The molecule has 0 spiro atoms. The van der Waals surface area contributed by atoms with Crippen molar-refractivity contribution in [2.75, 3.05) is 31.4 Å². The molecule has 3 aromatic rings. The monoisotopic (exact) mass is 504 g/mol. The second-order valence-corrected chi connectivity index (χ2v) is 8.90. The van der Waals surface area contributed by atoms with E-state index < -0.39 is 21.9 Å². The molecule has 0 fully saturated rings. The quantitative estimate of drug-likeness (QED) is 0.441. The summed E-state index contributed by atoms with van der Waals surface area (Å²) < 4.78 is 42.7. The number of sulfonamides is 1. The van der Waals surface area contributed by atoms with Gasteiger partial charge in [-0.3, -0.25) is 9.52 Å². The molecule has 9 nitrogen and oxygen atoms in total. The Kier molecular flexibility index (Phi) is 7.64. The highest BCUT2D eigenvalue weighted by Gasteiger charge is 2.21. The smallest absolute Gasteiger partial charge is 0.340 e. The number of nitrogens with one attached hydrogen (secondary N) is 2. The van der Waals surface area contributed by atoms with Gasteiger partial charge in [-0.1, -0.05) is 29.8 Å². The molecule has 0 heterocycles. The SMILES string of the molecule is COC(=O)c1cc(OC)c(OC)cc1NC(=O)c1ccc(NS(=O)(=O)c2ccccc2)cc1Cl. The maximum absolute atomic E-state index is 12.9. The van der Waals surface area contributed by atoms with Gasteiger partial charge in [0.15, 0.2) is 11.5 Å². The Morgan fingerprint density at radius 3 is 2.09 bits per heavy atom. The fourth-order valence-corrected chi connectivity index (χ4v) is 4.36. The number of carbonyl (C=O) groups excluding carboxylic acids is 2. The second-order valence-electron chi connectivity index (χ2n) is 6.81. The average molecular weight is 505 g/mol. The van der Waals surface area contributed by atoms with Gasteiger partial charge < -0.3 is 19.5 Å². The van der Waals surface area contributed by atoms with Gasteiger partial charge in [-0.15, -0.1) is 0 Å². The summed E-state index contributed by atoms with van der Waals surface area (Å²) in [5.41, 5.74) is 0.373. The summed E-state index contributed by atoms with van der Waals surface area (Å²) in [6.45, 7) is 0. The Hall–Kier alpha value is -3.76. The summed E-state index contributed by atoms with van der Waals surface area (Å²) in [4.78, 5) is 25.2. The predicted octanol–water partition coefficient (Wildman–Crippen LogP) is 4.20. The van der Waals surface area contributed by atoms with E-state index in [1.807, 2.05) is 0 Å². The molecule has 0 saturated carbocycles. The van der Waals surface area contributed by atoms with Crippen molar-refractivity contribution >= 4 is 44.9 Å². The van der Waals surface area contributed by atoms with Gasteiger partial charge in [0.25, 0.3) is 15.9 Å². The van der Waals surface area contributed by atoms with Crippen LogP contribution in [0.3, 0.4) is 0 Å². The molecule has 34 heavy (non-hydrogen) atoms. The van der Waals surface area contributed by atoms with Crippen molar-refractivity contribution in [2.45, 2.75) is 4.90 Å². The molecule has 3 rings (SSSR count). The number of rotatable bonds is 8. The van der Waals surface area contributed by atoms with E-state index in [1.54, 1.807) is 18.2 Å². The van der Waals surface area contributed by atoms with E-state index in [2.05, 4.69) is 10.0 Å². The summed E-state index contributed by atoms with van der Waals surface area (Å²) in [5.74, 6) is -0.788. The molecule has 178 valence electrons. The van der Waals surface area contributed by atoms with Gasteiger partial charge in [-0.2, -0.15) is 0 Å². The molecule has 0 saturated heterocycles. The molecule has 0 aromatic heterocycles. The minimum atomic E-state index is -3.83. The molecule has 0 aliphatic heterocycles. The van der Waals surface area contributed by atoms with Crippen molar-refractivity contribution in [1.29, 1.82) is 0 Å². The average Bonchev–Trinajstić information content (AvgIpc) is 2.83. The standard InChI is InChI=1S/C23H21ClN2O7S/c1-31-20-12-17(23(28)33-3)19(13-21(20)32-2)25-22(27)16-10-9-14(11-18(16)24)26-34(29,30)15-7-5-4-6-8-15/h4-13,26H,1-3H3,(H,25,27). The van der Waals surface area contributed by atoms with Crippen LogP contribution in [0.2, 0.25) is 5.02 Å². The molecule has 0 bridgehead atoms. The number of hydrogen-bond donors (Lipinski definition) is 2. The zero-order valence-electron chi connectivity index (χ0n) is 18.4. The predicted molar refractivity (Wildman–Crippen MR) is 128 cm³/mol. The van der Waals surface area contributed by atoms with Gasteiger partial charge in [0.2, 0.25) is 0 Å². The second kappa shape index (κ2) is 10.4. The Bertz CT molecular complexity index is 1330. The highest BCUT2D eigenvalue weighted by atomic mass is 35.5. The van der Waals surface area contributed by atoms with Crippen molar-refractivity contribution in [3.63, 3.8) is 0 Å². The Labute approximate surface area is 201 Å². The zero-order valence-corrected chi connectivity index (χ0v) is 20.0. The molecule has 11 heteroatoms. The van der Waals surface area contributed by atoms with Crippen LogP contribution in [0.15, 0.2) is 65.6 Å². The largest absolute Gasteiger partial charge is 0.493 e. The van der Waals surface area contributed by atoms with Crippen LogP contribution in [-0.4, -0.2) is 41.6 Å². The van der Waals surface area contributed by atoms with E-state index in [1.165, 1.54) is 63.8 Å². The number of amides is 1. The van der Waals surface area contributed by atoms with Crippen LogP contribution < -0.4 is 19.5 Å². The van der Waals surface area contributed by atoms with Crippen molar-refractivity contribution in [3.8, 4) is 11.5 Å². The van der Waals surface area contributed by atoms with Gasteiger partial charge in [0.1, 0.15) is 0 Å². The number of carbonyl (C=O) groups is 2. The van der Waals surface area contributed by atoms with Crippen molar-refractivity contribution in [2.24, 2.45) is 0 Å². The number of methoxy groups -OCH3 is 3. The maximum atomic E-state index is 12.9. The third kappa shape index (κ3) is 5.41. The molecule has 3 aromatic carbocycles. The van der Waals surface area contributed by atoms with Gasteiger partial charge in [-0.25, -0.2) is 13.2 Å². The summed E-state index contributed by atoms with van der Waals surface area (Å²) >= 11 is 6.27. The van der Waals surface area contributed by atoms with Gasteiger partial charge in [0.05, 0.1) is 53.7 Å². The Balaban J connectivity index is 1.88. The van der Waals surface area contributed by atoms with Gasteiger partial charge in [0, 0.05) is 12.1 Å². The van der Waals surface area contributed by atoms with Crippen molar-refractivity contribution < 1.29 is 32.2 Å². The van der Waals surface area contributed by atoms with E-state index in [0.29, 0.717) is 0 Å². The molecular weight excluding hydrogens is 484 g/mol. The van der Waals surface area contributed by atoms with E-state index in [-0.39, 0.29) is 43.9 Å². The summed E-state index contributed by atoms with van der Waals surface area (Å²) in [6.07, 6.45) is 0. The molecule has 0 unspecified atom stereocenters. The van der Waals surface area contributed by atoms with Gasteiger partial charge in [-0.05, 0) is 30.3 Å². The Morgan fingerprint density at radius 1 is 0.853 bits per heavy atom. The van der Waals surface area contributed by atoms with Crippen LogP contribution in [0.5, 0.6) is 11.5 Å². The van der Waals surface area contributed by atoms with Gasteiger partial charge >= 0.3 is 5.97 Å². The number of halogens is 1. The zero-order chi connectivity index (χ0) is 24.9. The summed E-state index contributed by atoms with van der Waals surface area (Å²) in [5, 5.41) is 2.60. The lowest BCUT2D eigenvalue weighted by Crippen LogP contribution is -2.17. The van der Waals surface area contributed by atoms with E-state index in [9.17, 15) is 18.0 Å². The number of ether oxygens (including phenoxy) is 3. The van der Waals surface area contributed by atoms with Crippen LogP contribution >= 0.6 is 11.6 Å². The van der Waals surface area contributed by atoms with Crippen LogP contribution in [-0.2, 0) is 14.8 Å². The first kappa shape index (κ1) is 24.9. The van der Waals surface area contributed by atoms with Crippen LogP contribution in [0, 0.1) is 0 Å². The fourth-order valence-electron chi connectivity index (χ4n) is 3.03. The number of hydrogen-bond acceptors (Lipinski definition) is 7. The van der Waals surface area contributed by atoms with Crippen LogP contribution in [0.1, 0.15) is 20.7 Å². The first-order valence-electron chi connectivity index (χ1n) is 9.73. The molecule has 0 aliphatic carbocycles. The molecule has 0 radical (unpaired) electrons. The lowest BCUT2D eigenvalue weighted by molar-refractivity contribution is 0.0601. The number of benzene rings is 3. The first-order valence-corrected chi connectivity index (χ1v) is 11.6. The van der Waals surface area contributed by atoms with Crippen molar-refractivity contribution in [3.05, 3.63) is 76.8 Å². The van der Waals surface area contributed by atoms with E-state index >= 15 is 0 Å². The Morgan fingerprint density at radius 2 is 1.50 bits per heavy atom. The first-order chi connectivity index (χ1) is 16.2. The normalized spacial score (nSPS) is 10.8. The number of esters is 1. The molecule has 2 N–H and O–H groups in total. The topological polar surface area (TPSA) is 120 Å². The summed E-state index contributed by atoms with van der Waals surface area (Å²) in [7, 11) is 0.192. The van der Waals surface area contributed by atoms with E-state index in [0.717, 1.165) is 0 Å².